The van der Waals surface area contributed by atoms with Gasteiger partial charge in [0.1, 0.15) is 5.82 Å². The summed E-state index contributed by atoms with van der Waals surface area (Å²) in [7, 11) is 2.02. The lowest BCUT2D eigenvalue weighted by Crippen LogP contribution is -2.26. The van der Waals surface area contributed by atoms with E-state index in [0.29, 0.717) is 23.6 Å². The van der Waals surface area contributed by atoms with E-state index in [9.17, 15) is 4.79 Å². The smallest absolute Gasteiger partial charge is 0.252 e. The van der Waals surface area contributed by atoms with Crippen LogP contribution in [0.5, 0.6) is 0 Å². The summed E-state index contributed by atoms with van der Waals surface area (Å²) in [6.07, 6.45) is 1.50. The number of aromatic nitrogens is 1. The third kappa shape index (κ3) is 3.92. The zero-order chi connectivity index (χ0) is 12.8. The number of likely N-dealkylation sites (N-methyl/N-ethyl adjacent to an activating group) is 1. The molecule has 1 aromatic rings. The van der Waals surface area contributed by atoms with Gasteiger partial charge in [-0.15, -0.1) is 0 Å². The van der Waals surface area contributed by atoms with Gasteiger partial charge in [0.05, 0.1) is 17.4 Å². The lowest BCUT2D eigenvalue weighted by atomic mass is 10.2. The predicted molar refractivity (Wildman–Crippen MR) is 68.8 cm³/mol. The number of nitrogens with two attached hydrogens (primary N) is 2. The minimum Gasteiger partial charge on any atom is -0.397 e. The summed E-state index contributed by atoms with van der Waals surface area (Å²) < 4.78 is 0. The fraction of sp³-hybridized carbons (Fsp3) is 0.455. The van der Waals surface area contributed by atoms with Crippen LogP contribution in [-0.2, 0) is 0 Å². The van der Waals surface area contributed by atoms with Gasteiger partial charge in [-0.1, -0.05) is 6.92 Å². The number of nitrogen functional groups attached to an aromatic ring is 1. The molecule has 0 saturated carbocycles. The second-order valence-electron chi connectivity index (χ2n) is 3.85. The van der Waals surface area contributed by atoms with Gasteiger partial charge in [0, 0.05) is 13.1 Å². The monoisotopic (exact) mass is 237 g/mol. The molecule has 0 saturated heterocycles. The number of hydrogen-bond donors (Lipinski definition) is 3. The Kier molecular flexibility index (Phi) is 4.71. The molecule has 0 radical (unpaired) electrons. The summed E-state index contributed by atoms with van der Waals surface area (Å²) in [5, 5.41) is 3.08. The number of carbonyl (C=O) groups excluding carboxylic acids is 1. The Morgan fingerprint density at radius 3 is 2.88 bits per heavy atom. The summed E-state index contributed by atoms with van der Waals surface area (Å²) in [6.45, 7) is 4.61. The van der Waals surface area contributed by atoms with Crippen LogP contribution in [0.4, 0.5) is 11.5 Å². The summed E-state index contributed by atoms with van der Waals surface area (Å²) in [4.78, 5) is 17.4. The molecule has 0 aliphatic rings. The van der Waals surface area contributed by atoms with Gasteiger partial charge in [-0.2, -0.15) is 0 Å². The number of anilines is 2. The van der Waals surface area contributed by atoms with Crippen LogP contribution >= 0.6 is 0 Å². The predicted octanol–water partition coefficient (Wildman–Crippen LogP) is 0.126. The Bertz CT molecular complexity index is 393. The van der Waals surface area contributed by atoms with Crippen molar-refractivity contribution in [2.45, 2.75) is 6.92 Å². The molecule has 94 valence electrons. The number of hydrogen-bond acceptors (Lipinski definition) is 5. The van der Waals surface area contributed by atoms with Crippen molar-refractivity contribution in [3.63, 3.8) is 0 Å². The first-order valence-corrected chi connectivity index (χ1v) is 5.52. The molecule has 1 amide bonds. The zero-order valence-corrected chi connectivity index (χ0v) is 10.2. The Hall–Kier alpha value is -1.82. The maximum atomic E-state index is 11.2. The fourth-order valence-corrected chi connectivity index (χ4v) is 1.33. The van der Waals surface area contributed by atoms with Gasteiger partial charge >= 0.3 is 0 Å². The van der Waals surface area contributed by atoms with Crippen LogP contribution < -0.4 is 16.8 Å². The number of nitrogens with one attached hydrogen (secondary N) is 1. The molecule has 0 fully saturated rings. The number of rotatable bonds is 6. The molecule has 1 rings (SSSR count). The normalized spacial score (nSPS) is 10.5. The largest absolute Gasteiger partial charge is 0.397 e. The molecule has 6 heteroatoms. The van der Waals surface area contributed by atoms with E-state index in [1.165, 1.54) is 12.3 Å². The van der Waals surface area contributed by atoms with E-state index in [-0.39, 0.29) is 0 Å². The van der Waals surface area contributed by atoms with Crippen molar-refractivity contribution in [1.29, 1.82) is 0 Å². The third-order valence-corrected chi connectivity index (χ3v) is 2.50. The van der Waals surface area contributed by atoms with Crippen molar-refractivity contribution in [2.75, 3.05) is 37.7 Å². The summed E-state index contributed by atoms with van der Waals surface area (Å²) in [5.41, 5.74) is 11.6. The van der Waals surface area contributed by atoms with Crippen LogP contribution in [0.3, 0.4) is 0 Å². The molecule has 0 atom stereocenters. The summed E-state index contributed by atoms with van der Waals surface area (Å²) in [5.74, 6) is -0.0488. The van der Waals surface area contributed by atoms with Crippen molar-refractivity contribution in [1.82, 2.24) is 9.88 Å². The SMILES string of the molecule is CCN(C)CCNc1ncc(N)cc1C(N)=O. The highest BCUT2D eigenvalue weighted by Gasteiger charge is 2.09. The molecule has 0 aromatic carbocycles. The first-order valence-electron chi connectivity index (χ1n) is 5.52. The highest BCUT2D eigenvalue weighted by Crippen LogP contribution is 2.14. The third-order valence-electron chi connectivity index (χ3n) is 2.50. The maximum absolute atomic E-state index is 11.2. The van der Waals surface area contributed by atoms with Crippen LogP contribution in [-0.4, -0.2) is 42.5 Å². The molecule has 5 N–H and O–H groups in total. The molecule has 6 nitrogen and oxygen atoms in total. The molecule has 17 heavy (non-hydrogen) atoms. The van der Waals surface area contributed by atoms with E-state index in [4.69, 9.17) is 11.5 Å². The van der Waals surface area contributed by atoms with Crippen LogP contribution in [0.15, 0.2) is 12.3 Å². The Morgan fingerprint density at radius 1 is 1.59 bits per heavy atom. The van der Waals surface area contributed by atoms with E-state index in [1.54, 1.807) is 0 Å². The van der Waals surface area contributed by atoms with Gasteiger partial charge in [-0.05, 0) is 19.7 Å². The van der Waals surface area contributed by atoms with E-state index in [1.807, 2.05) is 7.05 Å². The summed E-state index contributed by atoms with van der Waals surface area (Å²) >= 11 is 0. The number of primary amides is 1. The number of pyridine rings is 1. The molecular formula is C11H19N5O. The second-order valence-corrected chi connectivity index (χ2v) is 3.85. The van der Waals surface area contributed by atoms with Crippen molar-refractivity contribution in [2.24, 2.45) is 5.73 Å². The van der Waals surface area contributed by atoms with E-state index in [2.05, 4.69) is 22.1 Å². The zero-order valence-electron chi connectivity index (χ0n) is 10.2. The molecule has 1 heterocycles. The topological polar surface area (TPSA) is 97.3 Å². The Balaban J connectivity index is 2.67. The lowest BCUT2D eigenvalue weighted by molar-refractivity contribution is 0.100. The molecule has 0 unspecified atom stereocenters. The van der Waals surface area contributed by atoms with E-state index in [0.717, 1.165) is 13.1 Å². The highest BCUT2D eigenvalue weighted by atomic mass is 16.1. The average molecular weight is 237 g/mol. The van der Waals surface area contributed by atoms with Crippen LogP contribution in [0.25, 0.3) is 0 Å². The summed E-state index contributed by atoms with van der Waals surface area (Å²) in [6, 6.07) is 1.53. The second kappa shape index (κ2) is 6.05. The van der Waals surface area contributed by atoms with Crippen molar-refractivity contribution < 1.29 is 4.79 Å². The Labute approximate surface area is 101 Å². The van der Waals surface area contributed by atoms with Crippen molar-refractivity contribution >= 4 is 17.4 Å². The minimum absolute atomic E-state index is 0.323. The Morgan fingerprint density at radius 2 is 2.29 bits per heavy atom. The molecule has 0 bridgehead atoms. The maximum Gasteiger partial charge on any atom is 0.252 e. The highest BCUT2D eigenvalue weighted by molar-refractivity contribution is 5.98. The van der Waals surface area contributed by atoms with E-state index < -0.39 is 5.91 Å². The van der Waals surface area contributed by atoms with E-state index >= 15 is 0 Å². The molecule has 1 aromatic heterocycles. The van der Waals surface area contributed by atoms with Crippen molar-refractivity contribution in [3.05, 3.63) is 17.8 Å². The van der Waals surface area contributed by atoms with Gasteiger partial charge in [0.25, 0.3) is 5.91 Å². The number of amides is 1. The lowest BCUT2D eigenvalue weighted by Gasteiger charge is -2.15. The first-order chi connectivity index (χ1) is 8.04. The standard InChI is InChI=1S/C11H19N5O/c1-3-16(2)5-4-14-11-9(10(13)17)6-8(12)7-15-11/h6-7H,3-5,12H2,1-2H3,(H2,13,17)(H,14,15). The number of nitrogens with zero attached hydrogens (tertiary/aromatic N) is 2. The fourth-order valence-electron chi connectivity index (χ4n) is 1.33. The minimum atomic E-state index is -0.531. The average Bonchev–Trinajstić information content (AvgIpc) is 2.30. The van der Waals surface area contributed by atoms with Gasteiger partial charge in [-0.25, -0.2) is 4.98 Å². The van der Waals surface area contributed by atoms with Crippen LogP contribution in [0.1, 0.15) is 17.3 Å². The van der Waals surface area contributed by atoms with Crippen LogP contribution in [0.2, 0.25) is 0 Å². The molecule has 0 spiro atoms. The first kappa shape index (κ1) is 13.2. The molecular weight excluding hydrogens is 218 g/mol. The van der Waals surface area contributed by atoms with Crippen molar-refractivity contribution in [3.8, 4) is 0 Å². The van der Waals surface area contributed by atoms with Gasteiger partial charge in [0.2, 0.25) is 0 Å². The van der Waals surface area contributed by atoms with Gasteiger partial charge in [-0.3, -0.25) is 4.79 Å². The number of carbonyl (C=O) groups is 1. The van der Waals surface area contributed by atoms with Gasteiger partial charge < -0.3 is 21.7 Å². The van der Waals surface area contributed by atoms with Crippen LogP contribution in [0, 0.1) is 0 Å². The molecule has 0 aliphatic carbocycles. The molecule has 0 aliphatic heterocycles. The quantitative estimate of drug-likeness (QED) is 0.653. The van der Waals surface area contributed by atoms with Gasteiger partial charge in [0.15, 0.2) is 0 Å².